The monoisotopic (exact) mass is 265 g/mol. The fourth-order valence-electron chi connectivity index (χ4n) is 3.92. The van der Waals surface area contributed by atoms with E-state index >= 15 is 0 Å². The van der Waals surface area contributed by atoms with Crippen LogP contribution in [-0.2, 0) is 4.79 Å². The Kier molecular flexibility index (Phi) is 4.38. The molecule has 108 valence electrons. The first kappa shape index (κ1) is 13.4. The van der Waals surface area contributed by atoms with Gasteiger partial charge in [-0.05, 0) is 63.6 Å². The van der Waals surface area contributed by atoms with Crippen molar-refractivity contribution in [2.75, 3.05) is 32.7 Å². The average Bonchev–Trinajstić information content (AvgIpc) is 2.46. The number of carbonyl (C=O) groups excluding carboxylic acids is 1. The summed E-state index contributed by atoms with van der Waals surface area (Å²) in [6, 6.07) is 0.467. The fraction of sp³-hybridized carbons (Fsp3) is 0.933. The van der Waals surface area contributed by atoms with Crippen LogP contribution in [-0.4, -0.2) is 49.6 Å². The van der Waals surface area contributed by atoms with Crippen LogP contribution in [0.4, 0.5) is 0 Å². The zero-order valence-corrected chi connectivity index (χ0v) is 11.9. The summed E-state index contributed by atoms with van der Waals surface area (Å²) < 4.78 is 0. The number of likely N-dealkylation sites (tertiary alicyclic amines) is 1. The molecule has 3 saturated heterocycles. The number of hydrogen-bond donors (Lipinski definition) is 2. The predicted molar refractivity (Wildman–Crippen MR) is 75.9 cm³/mol. The molecule has 3 rings (SSSR count). The van der Waals surface area contributed by atoms with Gasteiger partial charge in [-0.3, -0.25) is 4.79 Å². The van der Waals surface area contributed by atoms with Gasteiger partial charge in [-0.15, -0.1) is 0 Å². The molecule has 19 heavy (non-hydrogen) atoms. The highest BCUT2D eigenvalue weighted by molar-refractivity contribution is 5.77. The van der Waals surface area contributed by atoms with Crippen LogP contribution in [0.1, 0.15) is 38.5 Å². The minimum atomic E-state index is 0.267. The zero-order chi connectivity index (χ0) is 13.1. The minimum Gasteiger partial charge on any atom is -0.353 e. The summed E-state index contributed by atoms with van der Waals surface area (Å²) in [6.45, 7) is 6.05. The van der Waals surface area contributed by atoms with Crippen molar-refractivity contribution in [3.05, 3.63) is 0 Å². The van der Waals surface area contributed by atoms with Crippen molar-refractivity contribution >= 4 is 5.91 Å². The number of nitrogens with zero attached hydrogens (tertiary/aromatic N) is 1. The quantitative estimate of drug-likeness (QED) is 0.799. The Hall–Kier alpha value is -0.610. The van der Waals surface area contributed by atoms with Crippen molar-refractivity contribution in [2.24, 2.45) is 11.8 Å². The normalized spacial score (nSPS) is 36.6. The molecular formula is C15H27N3O. The predicted octanol–water partition coefficient (Wildman–Crippen LogP) is 0.977. The number of rotatable bonds is 3. The molecule has 1 amide bonds. The van der Waals surface area contributed by atoms with E-state index in [1.54, 1.807) is 0 Å². The molecule has 0 bridgehead atoms. The number of carbonyl (C=O) groups is 1. The summed E-state index contributed by atoms with van der Waals surface area (Å²) in [5, 5.41) is 6.68. The van der Waals surface area contributed by atoms with Crippen LogP contribution in [0, 0.1) is 11.8 Å². The van der Waals surface area contributed by atoms with Gasteiger partial charge < -0.3 is 15.5 Å². The molecule has 3 heterocycles. The molecule has 0 radical (unpaired) electrons. The van der Waals surface area contributed by atoms with Gasteiger partial charge >= 0.3 is 0 Å². The molecule has 2 N–H and O–H groups in total. The smallest absolute Gasteiger partial charge is 0.220 e. The van der Waals surface area contributed by atoms with Crippen LogP contribution in [0.5, 0.6) is 0 Å². The van der Waals surface area contributed by atoms with E-state index in [1.807, 2.05) is 0 Å². The molecule has 3 aliphatic heterocycles. The van der Waals surface area contributed by atoms with E-state index in [0.29, 0.717) is 12.0 Å². The maximum Gasteiger partial charge on any atom is 0.220 e. The van der Waals surface area contributed by atoms with Crippen LogP contribution >= 0.6 is 0 Å². The summed E-state index contributed by atoms with van der Waals surface area (Å²) >= 11 is 0. The van der Waals surface area contributed by atoms with Crippen molar-refractivity contribution < 1.29 is 4.79 Å². The lowest BCUT2D eigenvalue weighted by Gasteiger charge is -2.41. The summed E-state index contributed by atoms with van der Waals surface area (Å²) in [7, 11) is 0. The van der Waals surface area contributed by atoms with Gasteiger partial charge in [0, 0.05) is 25.6 Å². The van der Waals surface area contributed by atoms with Crippen molar-refractivity contribution in [1.29, 1.82) is 0 Å². The van der Waals surface area contributed by atoms with Gasteiger partial charge in [0.1, 0.15) is 0 Å². The molecule has 3 fully saturated rings. The first-order valence-corrected chi connectivity index (χ1v) is 8.03. The van der Waals surface area contributed by atoms with Crippen molar-refractivity contribution in [1.82, 2.24) is 15.5 Å². The summed E-state index contributed by atoms with van der Waals surface area (Å²) in [5.74, 6) is 1.86. The Bertz CT molecular complexity index is 315. The maximum absolute atomic E-state index is 11.4. The molecule has 0 spiro atoms. The van der Waals surface area contributed by atoms with E-state index in [-0.39, 0.29) is 5.91 Å². The lowest BCUT2D eigenvalue weighted by atomic mass is 9.85. The van der Waals surface area contributed by atoms with Crippen molar-refractivity contribution in [3.8, 4) is 0 Å². The number of fused-ring (bicyclic) bond motifs is 1. The summed E-state index contributed by atoms with van der Waals surface area (Å²) in [5.41, 5.74) is 0. The van der Waals surface area contributed by atoms with Crippen LogP contribution < -0.4 is 10.6 Å². The second-order valence-corrected chi connectivity index (χ2v) is 6.56. The molecule has 4 heteroatoms. The van der Waals surface area contributed by atoms with Crippen LogP contribution in [0.3, 0.4) is 0 Å². The number of piperidine rings is 3. The van der Waals surface area contributed by atoms with Crippen molar-refractivity contribution in [2.45, 2.75) is 44.6 Å². The van der Waals surface area contributed by atoms with Gasteiger partial charge in [-0.1, -0.05) is 0 Å². The molecule has 3 unspecified atom stereocenters. The SMILES string of the molecule is O=C1CCC2CN(CCC3CCCNC3)CCC2N1. The molecular weight excluding hydrogens is 238 g/mol. The minimum absolute atomic E-state index is 0.267. The largest absolute Gasteiger partial charge is 0.353 e. The highest BCUT2D eigenvalue weighted by Gasteiger charge is 2.33. The third-order valence-electron chi connectivity index (χ3n) is 5.16. The van der Waals surface area contributed by atoms with E-state index in [9.17, 15) is 4.79 Å². The lowest BCUT2D eigenvalue weighted by molar-refractivity contribution is -0.125. The number of hydrogen-bond acceptors (Lipinski definition) is 3. The Labute approximate surface area is 116 Å². The zero-order valence-electron chi connectivity index (χ0n) is 11.9. The Morgan fingerprint density at radius 1 is 1.26 bits per heavy atom. The highest BCUT2D eigenvalue weighted by atomic mass is 16.1. The standard InChI is InChI=1S/C15H27N3O/c19-15-4-3-13-11-18(9-6-14(13)17-15)8-5-12-2-1-7-16-10-12/h12-14,16H,1-11H2,(H,17,19). The number of amides is 1. The van der Waals surface area contributed by atoms with Gasteiger partial charge in [0.05, 0.1) is 0 Å². The number of nitrogens with one attached hydrogen (secondary N) is 2. The van der Waals surface area contributed by atoms with E-state index in [1.165, 1.54) is 52.0 Å². The second kappa shape index (κ2) is 6.23. The Morgan fingerprint density at radius 2 is 2.21 bits per heavy atom. The molecule has 3 atom stereocenters. The highest BCUT2D eigenvalue weighted by Crippen LogP contribution is 2.26. The first-order chi connectivity index (χ1) is 9.31. The molecule has 0 aromatic heterocycles. The summed E-state index contributed by atoms with van der Waals surface area (Å²) in [6.07, 6.45) is 7.08. The van der Waals surface area contributed by atoms with E-state index in [2.05, 4.69) is 15.5 Å². The third-order valence-corrected chi connectivity index (χ3v) is 5.16. The Morgan fingerprint density at radius 3 is 3.05 bits per heavy atom. The molecule has 0 aromatic carbocycles. The van der Waals surface area contributed by atoms with E-state index in [0.717, 1.165) is 25.2 Å². The van der Waals surface area contributed by atoms with Crippen LogP contribution in [0.2, 0.25) is 0 Å². The third kappa shape index (κ3) is 3.48. The molecule has 4 nitrogen and oxygen atoms in total. The van der Waals surface area contributed by atoms with Gasteiger partial charge in [-0.2, -0.15) is 0 Å². The van der Waals surface area contributed by atoms with Gasteiger partial charge in [0.25, 0.3) is 0 Å². The van der Waals surface area contributed by atoms with Crippen molar-refractivity contribution in [3.63, 3.8) is 0 Å². The van der Waals surface area contributed by atoms with E-state index in [4.69, 9.17) is 0 Å². The van der Waals surface area contributed by atoms with Gasteiger partial charge in [0.15, 0.2) is 0 Å². The summed E-state index contributed by atoms with van der Waals surface area (Å²) in [4.78, 5) is 14.0. The first-order valence-electron chi connectivity index (χ1n) is 8.03. The second-order valence-electron chi connectivity index (χ2n) is 6.56. The van der Waals surface area contributed by atoms with Gasteiger partial charge in [0.2, 0.25) is 5.91 Å². The fourth-order valence-corrected chi connectivity index (χ4v) is 3.92. The molecule has 3 aliphatic rings. The topological polar surface area (TPSA) is 44.4 Å². The molecule has 0 aliphatic carbocycles. The molecule has 0 saturated carbocycles. The average molecular weight is 265 g/mol. The van der Waals surface area contributed by atoms with Crippen LogP contribution in [0.25, 0.3) is 0 Å². The van der Waals surface area contributed by atoms with E-state index < -0.39 is 0 Å². The molecule has 0 aromatic rings. The lowest BCUT2D eigenvalue weighted by Crippen LogP contribution is -2.54. The van der Waals surface area contributed by atoms with Gasteiger partial charge in [-0.25, -0.2) is 0 Å². The van der Waals surface area contributed by atoms with Crippen LogP contribution in [0.15, 0.2) is 0 Å². The Balaban J connectivity index is 1.42. The maximum atomic E-state index is 11.4.